The van der Waals surface area contributed by atoms with E-state index < -0.39 is 0 Å². The molecule has 0 radical (unpaired) electrons. The van der Waals surface area contributed by atoms with Crippen LogP contribution in [0.2, 0.25) is 0 Å². The Kier molecular flexibility index (Phi) is 6.72. The molecule has 1 aliphatic carbocycles. The van der Waals surface area contributed by atoms with E-state index in [4.69, 9.17) is 4.42 Å². The van der Waals surface area contributed by atoms with Gasteiger partial charge in [0.2, 0.25) is 0 Å². The first kappa shape index (κ1) is 32.1. The second-order valence-electron chi connectivity index (χ2n) is 16.1. The standard InChI is InChI=1S/C55H37NO/c1-55(2)50-23-13-12-22-45(50)46-28-25-38(33-51(46)55)56(36-24-27-44-42-20-9-8-18-40(42)41-19-10-11-21-43(41)47(44)31-36)37-26-29-52-48(32-37)49-30-35-16-6-7-17-39(35)53(54(49)57-52)34-14-4-3-5-15-34/h3-33H,1-2H3. The average Bonchev–Trinajstić information content (AvgIpc) is 3.74. The minimum atomic E-state index is -0.133. The molecule has 0 atom stereocenters. The maximum absolute atomic E-state index is 6.84. The lowest BCUT2D eigenvalue weighted by atomic mass is 9.82. The van der Waals surface area contributed by atoms with Crippen molar-refractivity contribution in [3.63, 3.8) is 0 Å². The second kappa shape index (κ2) is 11.9. The summed E-state index contributed by atoms with van der Waals surface area (Å²) in [6.45, 7) is 4.72. The van der Waals surface area contributed by atoms with Crippen LogP contribution in [0.15, 0.2) is 192 Å². The fourth-order valence-electron chi connectivity index (χ4n) is 9.91. The Balaban J connectivity index is 1.13. The number of hydrogen-bond donors (Lipinski definition) is 0. The van der Waals surface area contributed by atoms with E-state index in [1.807, 2.05) is 0 Å². The van der Waals surface area contributed by atoms with Crippen LogP contribution in [-0.4, -0.2) is 0 Å². The van der Waals surface area contributed by atoms with Gasteiger partial charge in [0, 0.05) is 38.8 Å². The Morgan fingerprint density at radius 2 is 0.930 bits per heavy atom. The number of anilines is 3. The van der Waals surface area contributed by atoms with Crippen molar-refractivity contribution in [2.45, 2.75) is 19.3 Å². The van der Waals surface area contributed by atoms with Crippen LogP contribution in [0, 0.1) is 0 Å². The average molecular weight is 728 g/mol. The molecule has 0 aliphatic heterocycles. The molecule has 1 aromatic heterocycles. The van der Waals surface area contributed by atoms with E-state index in [2.05, 4.69) is 207 Å². The molecule has 12 rings (SSSR count). The lowest BCUT2D eigenvalue weighted by Gasteiger charge is -2.28. The van der Waals surface area contributed by atoms with Crippen molar-refractivity contribution in [3.05, 3.63) is 199 Å². The number of rotatable bonds is 4. The zero-order chi connectivity index (χ0) is 37.8. The van der Waals surface area contributed by atoms with Crippen molar-refractivity contribution in [1.29, 1.82) is 0 Å². The van der Waals surface area contributed by atoms with Gasteiger partial charge in [0.05, 0.1) is 0 Å². The summed E-state index contributed by atoms with van der Waals surface area (Å²) in [4.78, 5) is 2.44. The highest BCUT2D eigenvalue weighted by Crippen LogP contribution is 2.51. The van der Waals surface area contributed by atoms with Crippen LogP contribution >= 0.6 is 0 Å². The SMILES string of the molecule is CC1(C)c2ccccc2-c2ccc(N(c3ccc4oc5c(-c6ccccc6)c6ccccc6cc5c4c3)c3ccc4c5ccccc5c5ccccc5c4c3)cc21. The van der Waals surface area contributed by atoms with Crippen molar-refractivity contribution in [2.75, 3.05) is 4.90 Å². The van der Waals surface area contributed by atoms with Crippen LogP contribution in [0.1, 0.15) is 25.0 Å². The molecule has 0 unspecified atom stereocenters. The lowest BCUT2D eigenvalue weighted by Crippen LogP contribution is -2.16. The second-order valence-corrected chi connectivity index (χ2v) is 16.1. The maximum atomic E-state index is 6.84. The molecule has 10 aromatic carbocycles. The van der Waals surface area contributed by atoms with Crippen LogP contribution in [0.5, 0.6) is 0 Å². The number of benzene rings is 10. The van der Waals surface area contributed by atoms with Crippen LogP contribution in [0.25, 0.3) is 87.3 Å². The van der Waals surface area contributed by atoms with Gasteiger partial charge >= 0.3 is 0 Å². The Bertz CT molecular complexity index is 3410. The van der Waals surface area contributed by atoms with Gasteiger partial charge in [0.25, 0.3) is 0 Å². The van der Waals surface area contributed by atoms with E-state index >= 15 is 0 Å². The molecule has 0 spiro atoms. The Morgan fingerprint density at radius 3 is 1.68 bits per heavy atom. The van der Waals surface area contributed by atoms with Gasteiger partial charge in [-0.1, -0.05) is 153 Å². The van der Waals surface area contributed by atoms with Crippen molar-refractivity contribution in [2.24, 2.45) is 0 Å². The van der Waals surface area contributed by atoms with Gasteiger partial charge in [-0.25, -0.2) is 0 Å². The Morgan fingerprint density at radius 1 is 0.386 bits per heavy atom. The molecule has 57 heavy (non-hydrogen) atoms. The van der Waals surface area contributed by atoms with Crippen LogP contribution in [0.3, 0.4) is 0 Å². The molecule has 0 saturated heterocycles. The fraction of sp³-hybridized carbons (Fsp3) is 0.0545. The highest BCUT2D eigenvalue weighted by molar-refractivity contribution is 6.26. The molecule has 2 heteroatoms. The predicted octanol–water partition coefficient (Wildman–Crippen LogP) is 15.6. The third-order valence-corrected chi connectivity index (χ3v) is 12.6. The molecule has 0 amide bonds. The molecule has 1 heterocycles. The lowest BCUT2D eigenvalue weighted by molar-refractivity contribution is 0.660. The zero-order valence-electron chi connectivity index (χ0n) is 31.8. The summed E-state index contributed by atoms with van der Waals surface area (Å²) in [6, 6.07) is 68.9. The third-order valence-electron chi connectivity index (χ3n) is 12.6. The quantitative estimate of drug-likeness (QED) is 0.168. The summed E-state index contributed by atoms with van der Waals surface area (Å²) in [5.74, 6) is 0. The predicted molar refractivity (Wildman–Crippen MR) is 241 cm³/mol. The summed E-state index contributed by atoms with van der Waals surface area (Å²) in [6.07, 6.45) is 0. The zero-order valence-corrected chi connectivity index (χ0v) is 31.8. The first-order valence-electron chi connectivity index (χ1n) is 19.8. The van der Waals surface area contributed by atoms with E-state index in [1.54, 1.807) is 0 Å². The van der Waals surface area contributed by atoms with Gasteiger partial charge in [-0.15, -0.1) is 0 Å². The Hall–Kier alpha value is -7.16. The van der Waals surface area contributed by atoms with Gasteiger partial charge in [0.15, 0.2) is 0 Å². The molecule has 0 bridgehead atoms. The largest absolute Gasteiger partial charge is 0.455 e. The van der Waals surface area contributed by atoms with Crippen LogP contribution in [0.4, 0.5) is 17.1 Å². The van der Waals surface area contributed by atoms with Crippen LogP contribution in [-0.2, 0) is 5.41 Å². The normalized spacial score (nSPS) is 13.2. The molecular weight excluding hydrogens is 691 g/mol. The minimum absolute atomic E-state index is 0.133. The van der Waals surface area contributed by atoms with Crippen LogP contribution < -0.4 is 4.90 Å². The van der Waals surface area contributed by atoms with E-state index in [9.17, 15) is 0 Å². The first-order chi connectivity index (χ1) is 28.0. The van der Waals surface area contributed by atoms with E-state index in [-0.39, 0.29) is 5.41 Å². The molecular formula is C55H37NO. The topological polar surface area (TPSA) is 16.4 Å². The minimum Gasteiger partial charge on any atom is -0.455 e. The number of fused-ring (bicyclic) bond motifs is 13. The molecule has 0 N–H and O–H groups in total. The highest BCUT2D eigenvalue weighted by atomic mass is 16.3. The van der Waals surface area contributed by atoms with E-state index in [1.165, 1.54) is 65.3 Å². The maximum Gasteiger partial charge on any atom is 0.143 e. The summed E-state index contributed by atoms with van der Waals surface area (Å²) in [5.41, 5.74) is 12.6. The smallest absolute Gasteiger partial charge is 0.143 e. The summed E-state index contributed by atoms with van der Waals surface area (Å²) >= 11 is 0. The van der Waals surface area contributed by atoms with Crippen molar-refractivity contribution < 1.29 is 4.42 Å². The van der Waals surface area contributed by atoms with Crippen molar-refractivity contribution >= 4 is 82.1 Å². The highest BCUT2D eigenvalue weighted by Gasteiger charge is 2.36. The summed E-state index contributed by atoms with van der Waals surface area (Å²) in [5, 5.41) is 12.2. The van der Waals surface area contributed by atoms with Gasteiger partial charge in [-0.05, 0) is 119 Å². The molecule has 0 saturated carbocycles. The van der Waals surface area contributed by atoms with Gasteiger partial charge in [-0.2, -0.15) is 0 Å². The molecule has 268 valence electrons. The number of hydrogen-bond acceptors (Lipinski definition) is 2. The van der Waals surface area contributed by atoms with Crippen molar-refractivity contribution in [1.82, 2.24) is 0 Å². The Labute approximate surface area is 330 Å². The summed E-state index contributed by atoms with van der Waals surface area (Å²) in [7, 11) is 0. The summed E-state index contributed by atoms with van der Waals surface area (Å²) < 4.78 is 6.84. The fourth-order valence-corrected chi connectivity index (χ4v) is 9.91. The van der Waals surface area contributed by atoms with Gasteiger partial charge < -0.3 is 9.32 Å². The molecule has 0 fully saturated rings. The molecule has 2 nitrogen and oxygen atoms in total. The van der Waals surface area contributed by atoms with Gasteiger partial charge in [-0.3, -0.25) is 0 Å². The van der Waals surface area contributed by atoms with E-state index in [0.29, 0.717) is 0 Å². The number of furan rings is 1. The third kappa shape index (κ3) is 4.65. The van der Waals surface area contributed by atoms with Crippen molar-refractivity contribution in [3.8, 4) is 22.3 Å². The molecule has 1 aliphatic rings. The monoisotopic (exact) mass is 727 g/mol. The van der Waals surface area contributed by atoms with E-state index in [0.717, 1.165) is 50.1 Å². The number of nitrogens with zero attached hydrogens (tertiary/aromatic N) is 1. The molecule has 11 aromatic rings. The van der Waals surface area contributed by atoms with Gasteiger partial charge in [0.1, 0.15) is 11.2 Å². The first-order valence-corrected chi connectivity index (χ1v) is 19.8.